The lowest BCUT2D eigenvalue weighted by Gasteiger charge is -2.10. The van der Waals surface area contributed by atoms with E-state index in [0.717, 1.165) is 5.69 Å². The van der Waals surface area contributed by atoms with Gasteiger partial charge in [-0.25, -0.2) is 8.42 Å². The highest BCUT2D eigenvalue weighted by Crippen LogP contribution is 2.24. The summed E-state index contributed by atoms with van der Waals surface area (Å²) in [6.07, 6.45) is 1.21. The maximum Gasteiger partial charge on any atom is 0.177 e. The summed E-state index contributed by atoms with van der Waals surface area (Å²) in [7, 11) is -3.22. The van der Waals surface area contributed by atoms with E-state index >= 15 is 0 Å². The molecular formula is C13H13NO2S. The van der Waals surface area contributed by atoms with Crippen LogP contribution in [-0.2, 0) is 9.84 Å². The number of para-hydroxylation sites is 2. The normalized spacial score (nSPS) is 11.1. The molecule has 4 heteroatoms. The number of sulfone groups is 1. The van der Waals surface area contributed by atoms with E-state index in [1.807, 2.05) is 30.3 Å². The van der Waals surface area contributed by atoms with Crippen molar-refractivity contribution in [2.75, 3.05) is 11.6 Å². The Morgan fingerprint density at radius 3 is 2.12 bits per heavy atom. The van der Waals surface area contributed by atoms with Gasteiger partial charge in [-0.2, -0.15) is 0 Å². The molecule has 0 aliphatic heterocycles. The molecule has 0 amide bonds. The number of hydrogen-bond donors (Lipinski definition) is 1. The molecule has 0 aliphatic carbocycles. The maximum atomic E-state index is 11.6. The zero-order valence-corrected chi connectivity index (χ0v) is 10.2. The van der Waals surface area contributed by atoms with Crippen LogP contribution >= 0.6 is 0 Å². The maximum absolute atomic E-state index is 11.6. The highest BCUT2D eigenvalue weighted by Gasteiger charge is 2.12. The molecule has 2 aromatic rings. The molecule has 88 valence electrons. The molecule has 17 heavy (non-hydrogen) atoms. The van der Waals surface area contributed by atoms with Gasteiger partial charge < -0.3 is 5.32 Å². The van der Waals surface area contributed by atoms with Crippen molar-refractivity contribution in [1.82, 2.24) is 0 Å². The van der Waals surface area contributed by atoms with Crippen LogP contribution in [0.4, 0.5) is 11.4 Å². The third-order valence-corrected chi connectivity index (χ3v) is 3.49. The van der Waals surface area contributed by atoms with E-state index in [1.54, 1.807) is 24.3 Å². The Kier molecular flexibility index (Phi) is 3.15. The van der Waals surface area contributed by atoms with Crippen molar-refractivity contribution >= 4 is 21.2 Å². The molecule has 0 fully saturated rings. The zero-order valence-electron chi connectivity index (χ0n) is 9.42. The van der Waals surface area contributed by atoms with E-state index in [1.165, 1.54) is 6.26 Å². The summed E-state index contributed by atoms with van der Waals surface area (Å²) in [6, 6.07) is 16.3. The standard InChI is InChI=1S/C13H13NO2S/c1-17(15,16)13-10-6-5-9-12(13)14-11-7-3-2-4-8-11/h2-10,14H,1H3. The van der Waals surface area contributed by atoms with Gasteiger partial charge in [0.25, 0.3) is 0 Å². The van der Waals surface area contributed by atoms with Gasteiger partial charge in [-0.05, 0) is 24.3 Å². The summed E-state index contributed by atoms with van der Waals surface area (Å²) < 4.78 is 23.2. The molecule has 0 spiro atoms. The Balaban J connectivity index is 2.41. The van der Waals surface area contributed by atoms with Gasteiger partial charge in [-0.1, -0.05) is 30.3 Å². The van der Waals surface area contributed by atoms with Crippen LogP contribution in [0.1, 0.15) is 0 Å². The Hall–Kier alpha value is -1.81. The van der Waals surface area contributed by atoms with Crippen molar-refractivity contribution in [3.63, 3.8) is 0 Å². The minimum Gasteiger partial charge on any atom is -0.354 e. The molecule has 0 aliphatic rings. The summed E-state index contributed by atoms with van der Waals surface area (Å²) in [5.74, 6) is 0. The minimum atomic E-state index is -3.22. The molecule has 0 aromatic heterocycles. The van der Waals surface area contributed by atoms with E-state index in [4.69, 9.17) is 0 Å². The minimum absolute atomic E-state index is 0.309. The van der Waals surface area contributed by atoms with Crippen molar-refractivity contribution in [3.8, 4) is 0 Å². The largest absolute Gasteiger partial charge is 0.354 e. The average Bonchev–Trinajstić information content (AvgIpc) is 2.30. The second-order valence-corrected chi connectivity index (χ2v) is 5.74. The fourth-order valence-corrected chi connectivity index (χ4v) is 2.41. The second-order valence-electron chi connectivity index (χ2n) is 3.76. The predicted molar refractivity (Wildman–Crippen MR) is 69.3 cm³/mol. The molecule has 2 aromatic carbocycles. The summed E-state index contributed by atoms with van der Waals surface area (Å²) in [4.78, 5) is 0.309. The first kappa shape index (κ1) is 11.7. The van der Waals surface area contributed by atoms with Gasteiger partial charge in [-0.15, -0.1) is 0 Å². The SMILES string of the molecule is CS(=O)(=O)c1ccccc1Nc1ccccc1. The highest BCUT2D eigenvalue weighted by atomic mass is 32.2. The molecule has 3 nitrogen and oxygen atoms in total. The number of nitrogens with one attached hydrogen (secondary N) is 1. The van der Waals surface area contributed by atoms with Gasteiger partial charge >= 0.3 is 0 Å². The van der Waals surface area contributed by atoms with Crippen LogP contribution in [0.15, 0.2) is 59.5 Å². The van der Waals surface area contributed by atoms with Gasteiger partial charge in [0.1, 0.15) is 0 Å². The molecule has 0 atom stereocenters. The van der Waals surface area contributed by atoms with Crippen LogP contribution in [0.25, 0.3) is 0 Å². The Morgan fingerprint density at radius 2 is 1.47 bits per heavy atom. The molecule has 0 radical (unpaired) electrons. The van der Waals surface area contributed by atoms with Crippen LogP contribution in [0.5, 0.6) is 0 Å². The summed E-state index contributed by atoms with van der Waals surface area (Å²) in [5, 5.41) is 3.10. The molecule has 0 bridgehead atoms. The average molecular weight is 247 g/mol. The first-order valence-electron chi connectivity index (χ1n) is 5.18. The summed E-state index contributed by atoms with van der Waals surface area (Å²) in [5.41, 5.74) is 1.46. The van der Waals surface area contributed by atoms with E-state index in [0.29, 0.717) is 10.6 Å². The highest BCUT2D eigenvalue weighted by molar-refractivity contribution is 7.90. The lowest BCUT2D eigenvalue weighted by Crippen LogP contribution is -2.02. The fraction of sp³-hybridized carbons (Fsp3) is 0.0769. The third kappa shape index (κ3) is 2.85. The molecule has 0 saturated heterocycles. The quantitative estimate of drug-likeness (QED) is 0.907. The van der Waals surface area contributed by atoms with Crippen LogP contribution in [0.3, 0.4) is 0 Å². The monoisotopic (exact) mass is 247 g/mol. The van der Waals surface area contributed by atoms with Crippen molar-refractivity contribution in [2.45, 2.75) is 4.90 Å². The van der Waals surface area contributed by atoms with Crippen LogP contribution in [0, 0.1) is 0 Å². The lowest BCUT2D eigenvalue weighted by molar-refractivity contribution is 0.602. The molecule has 1 N–H and O–H groups in total. The van der Waals surface area contributed by atoms with Gasteiger partial charge in [0.2, 0.25) is 0 Å². The molecule has 0 unspecified atom stereocenters. The van der Waals surface area contributed by atoms with Gasteiger partial charge in [0.15, 0.2) is 9.84 Å². The summed E-state index contributed by atoms with van der Waals surface area (Å²) >= 11 is 0. The molecule has 0 heterocycles. The van der Waals surface area contributed by atoms with Gasteiger partial charge in [0.05, 0.1) is 10.6 Å². The third-order valence-electron chi connectivity index (χ3n) is 2.34. The molecule has 0 saturated carbocycles. The van der Waals surface area contributed by atoms with E-state index < -0.39 is 9.84 Å². The number of hydrogen-bond acceptors (Lipinski definition) is 3. The first-order chi connectivity index (χ1) is 8.07. The van der Waals surface area contributed by atoms with E-state index in [2.05, 4.69) is 5.32 Å². The number of rotatable bonds is 3. The zero-order chi connectivity index (χ0) is 12.3. The van der Waals surface area contributed by atoms with Crippen LogP contribution in [-0.4, -0.2) is 14.7 Å². The number of anilines is 2. The summed E-state index contributed by atoms with van der Waals surface area (Å²) in [6.45, 7) is 0. The molecular weight excluding hydrogens is 234 g/mol. The first-order valence-corrected chi connectivity index (χ1v) is 7.08. The van der Waals surface area contributed by atoms with Crippen molar-refractivity contribution < 1.29 is 8.42 Å². The number of benzene rings is 2. The van der Waals surface area contributed by atoms with Crippen molar-refractivity contribution in [1.29, 1.82) is 0 Å². The smallest absolute Gasteiger partial charge is 0.177 e. The molecule has 2 rings (SSSR count). The van der Waals surface area contributed by atoms with Crippen molar-refractivity contribution in [2.24, 2.45) is 0 Å². The van der Waals surface area contributed by atoms with Gasteiger partial charge in [0, 0.05) is 11.9 Å². The lowest BCUT2D eigenvalue weighted by atomic mass is 10.3. The Bertz CT molecular complexity index is 606. The van der Waals surface area contributed by atoms with E-state index in [9.17, 15) is 8.42 Å². The topological polar surface area (TPSA) is 46.2 Å². The van der Waals surface area contributed by atoms with Crippen molar-refractivity contribution in [3.05, 3.63) is 54.6 Å². The van der Waals surface area contributed by atoms with Crippen LogP contribution < -0.4 is 5.32 Å². The predicted octanol–water partition coefficient (Wildman–Crippen LogP) is 2.83. The Morgan fingerprint density at radius 1 is 0.882 bits per heavy atom. The van der Waals surface area contributed by atoms with E-state index in [-0.39, 0.29) is 0 Å². The second kappa shape index (κ2) is 4.59. The Labute approximate surface area is 101 Å². The fourth-order valence-electron chi connectivity index (χ4n) is 1.57. The van der Waals surface area contributed by atoms with Gasteiger partial charge in [-0.3, -0.25) is 0 Å². The van der Waals surface area contributed by atoms with Crippen LogP contribution in [0.2, 0.25) is 0 Å².